The number of ketones is 1. The highest BCUT2D eigenvalue weighted by Crippen LogP contribution is 2.25. The molecule has 0 aliphatic heterocycles. The molecule has 2 aromatic carbocycles. The van der Waals surface area contributed by atoms with E-state index in [2.05, 4.69) is 4.98 Å². The van der Waals surface area contributed by atoms with E-state index in [1.807, 2.05) is 43.5 Å². The molecule has 8 nitrogen and oxygen atoms in total. The van der Waals surface area contributed by atoms with E-state index < -0.39 is 10.0 Å². The number of fused-ring (bicyclic) bond motifs is 1. The summed E-state index contributed by atoms with van der Waals surface area (Å²) in [6.45, 7) is 5.64. The number of nitrogens with two attached hydrogens (primary N) is 1. The summed E-state index contributed by atoms with van der Waals surface area (Å²) in [5, 5.41) is 6.20. The number of hydrogen-bond donors (Lipinski definition) is 1. The minimum Gasteiger partial charge on any atom is -0.318 e. The summed E-state index contributed by atoms with van der Waals surface area (Å²) >= 11 is 1.22. The molecular formula is C24H24N4O4S2. The molecule has 0 atom stereocenters. The molecule has 10 heteroatoms. The maximum atomic E-state index is 13.1. The van der Waals surface area contributed by atoms with Crippen molar-refractivity contribution in [2.24, 2.45) is 12.2 Å². The van der Waals surface area contributed by atoms with Crippen LogP contribution in [0, 0.1) is 20.8 Å². The summed E-state index contributed by atoms with van der Waals surface area (Å²) in [6.07, 6.45) is 0. The van der Waals surface area contributed by atoms with E-state index in [4.69, 9.17) is 5.14 Å². The number of thioether (sulfide) groups is 1. The fourth-order valence-electron chi connectivity index (χ4n) is 3.93. The maximum absolute atomic E-state index is 13.1. The number of aromatic nitrogens is 3. The molecule has 0 amide bonds. The molecular weight excluding hydrogens is 472 g/mol. The van der Waals surface area contributed by atoms with Gasteiger partial charge >= 0.3 is 0 Å². The van der Waals surface area contributed by atoms with Gasteiger partial charge in [0.2, 0.25) is 10.0 Å². The highest BCUT2D eigenvalue weighted by atomic mass is 32.2. The first-order valence-electron chi connectivity index (χ1n) is 10.4. The molecule has 4 aromatic rings. The van der Waals surface area contributed by atoms with E-state index in [0.29, 0.717) is 21.6 Å². The zero-order valence-corrected chi connectivity index (χ0v) is 20.8. The highest BCUT2D eigenvalue weighted by Gasteiger charge is 2.19. The van der Waals surface area contributed by atoms with Gasteiger partial charge in [-0.15, -0.1) is 0 Å². The van der Waals surface area contributed by atoms with Crippen LogP contribution in [-0.4, -0.2) is 34.1 Å². The predicted octanol–water partition coefficient (Wildman–Crippen LogP) is 3.27. The molecule has 4 rings (SSSR count). The monoisotopic (exact) mass is 496 g/mol. The van der Waals surface area contributed by atoms with Crippen molar-refractivity contribution >= 4 is 38.5 Å². The van der Waals surface area contributed by atoms with Crippen LogP contribution in [0.2, 0.25) is 0 Å². The average molecular weight is 497 g/mol. The molecule has 34 heavy (non-hydrogen) atoms. The van der Waals surface area contributed by atoms with Gasteiger partial charge in [0.15, 0.2) is 10.9 Å². The fraction of sp³-hybridized carbons (Fsp3) is 0.208. The average Bonchev–Trinajstić information content (AvgIpc) is 3.09. The number of rotatable bonds is 6. The molecule has 2 N–H and O–H groups in total. The Morgan fingerprint density at radius 1 is 1.06 bits per heavy atom. The molecule has 0 fully saturated rings. The second-order valence-electron chi connectivity index (χ2n) is 8.15. The van der Waals surface area contributed by atoms with Gasteiger partial charge in [-0.2, -0.15) is 0 Å². The van der Waals surface area contributed by atoms with Crippen molar-refractivity contribution < 1.29 is 13.2 Å². The lowest BCUT2D eigenvalue weighted by atomic mass is 10.2. The largest absolute Gasteiger partial charge is 0.318 e. The zero-order valence-electron chi connectivity index (χ0n) is 19.2. The molecule has 176 valence electrons. The third kappa shape index (κ3) is 4.44. The van der Waals surface area contributed by atoms with Crippen molar-refractivity contribution in [3.8, 4) is 5.69 Å². The first kappa shape index (κ1) is 23.9. The van der Waals surface area contributed by atoms with Crippen molar-refractivity contribution in [2.75, 3.05) is 5.75 Å². The molecule has 0 spiro atoms. The standard InChI is InChI=1S/C24H24N4O4S2/c1-14-5-10-21-20(11-14)23(30)27(4)24(26-21)33-13-22(29)19-12-15(2)28(16(19)3)17-6-8-18(9-7-17)34(25,31)32/h5-12H,13H2,1-4H3,(H2,25,31,32). The van der Waals surface area contributed by atoms with E-state index in [-0.39, 0.29) is 22.0 Å². The van der Waals surface area contributed by atoms with E-state index in [1.54, 1.807) is 25.2 Å². The molecule has 0 saturated carbocycles. The number of hydrogen-bond acceptors (Lipinski definition) is 6. The molecule has 0 unspecified atom stereocenters. The number of carbonyl (C=O) groups is 1. The first-order valence-corrected chi connectivity index (χ1v) is 13.0. The Balaban J connectivity index is 1.60. The lowest BCUT2D eigenvalue weighted by Gasteiger charge is -2.11. The molecule has 0 aliphatic rings. The summed E-state index contributed by atoms with van der Waals surface area (Å²) in [5.74, 6) is 0.0236. The lowest BCUT2D eigenvalue weighted by Crippen LogP contribution is -2.20. The molecule has 0 radical (unpaired) electrons. The summed E-state index contributed by atoms with van der Waals surface area (Å²) in [4.78, 5) is 30.4. The molecule has 0 saturated heterocycles. The lowest BCUT2D eigenvalue weighted by molar-refractivity contribution is 0.102. The fourth-order valence-corrected chi connectivity index (χ4v) is 5.30. The van der Waals surface area contributed by atoms with E-state index >= 15 is 0 Å². The Bertz CT molecular complexity index is 1600. The van der Waals surface area contributed by atoms with Gasteiger partial charge in [0.25, 0.3) is 5.56 Å². The smallest absolute Gasteiger partial charge is 0.261 e. The second-order valence-corrected chi connectivity index (χ2v) is 10.7. The number of benzene rings is 2. The highest BCUT2D eigenvalue weighted by molar-refractivity contribution is 7.99. The van der Waals surface area contributed by atoms with Gasteiger partial charge in [-0.1, -0.05) is 23.4 Å². The van der Waals surface area contributed by atoms with Gasteiger partial charge in [-0.3, -0.25) is 14.2 Å². The minimum absolute atomic E-state index is 0.0232. The first-order chi connectivity index (χ1) is 16.0. The Labute approximate surface area is 201 Å². The van der Waals surface area contributed by atoms with Gasteiger partial charge in [-0.05, 0) is 63.2 Å². The van der Waals surface area contributed by atoms with Gasteiger partial charge in [0, 0.05) is 29.7 Å². The number of carbonyl (C=O) groups excluding carboxylic acids is 1. The molecule has 2 heterocycles. The third-order valence-electron chi connectivity index (χ3n) is 5.68. The number of aryl methyl sites for hydroxylation is 2. The van der Waals surface area contributed by atoms with Crippen LogP contribution in [0.5, 0.6) is 0 Å². The van der Waals surface area contributed by atoms with Crippen LogP contribution in [0.15, 0.2) is 63.4 Å². The number of sulfonamides is 1. The molecule has 0 bridgehead atoms. The summed E-state index contributed by atoms with van der Waals surface area (Å²) in [6, 6.07) is 13.5. The summed E-state index contributed by atoms with van der Waals surface area (Å²) in [5.41, 5.74) is 4.29. The van der Waals surface area contributed by atoms with Crippen molar-refractivity contribution in [2.45, 2.75) is 30.8 Å². The van der Waals surface area contributed by atoms with E-state index in [1.165, 1.54) is 28.5 Å². The van der Waals surface area contributed by atoms with Crippen molar-refractivity contribution in [1.29, 1.82) is 0 Å². The van der Waals surface area contributed by atoms with Crippen molar-refractivity contribution in [3.63, 3.8) is 0 Å². The van der Waals surface area contributed by atoms with Gasteiger partial charge in [0.1, 0.15) is 0 Å². The minimum atomic E-state index is -3.78. The van der Waals surface area contributed by atoms with E-state index in [0.717, 1.165) is 22.6 Å². The Morgan fingerprint density at radius 3 is 2.38 bits per heavy atom. The number of nitrogens with zero attached hydrogens (tertiary/aromatic N) is 3. The quantitative estimate of drug-likeness (QED) is 0.249. The molecule has 0 aliphatic carbocycles. The SMILES string of the molecule is Cc1ccc2nc(SCC(=O)c3cc(C)n(-c4ccc(S(N)(=O)=O)cc4)c3C)n(C)c(=O)c2c1. The van der Waals surface area contributed by atoms with Crippen LogP contribution in [0.3, 0.4) is 0 Å². The van der Waals surface area contributed by atoms with Crippen LogP contribution >= 0.6 is 11.8 Å². The van der Waals surface area contributed by atoms with Crippen LogP contribution in [0.4, 0.5) is 0 Å². The van der Waals surface area contributed by atoms with Gasteiger partial charge in [-0.25, -0.2) is 18.5 Å². The molecule has 2 aromatic heterocycles. The maximum Gasteiger partial charge on any atom is 0.261 e. The predicted molar refractivity (Wildman–Crippen MR) is 133 cm³/mol. The number of primary sulfonamides is 1. The Morgan fingerprint density at radius 2 is 1.74 bits per heavy atom. The van der Waals surface area contributed by atoms with Gasteiger partial charge in [0.05, 0.1) is 21.6 Å². The van der Waals surface area contributed by atoms with Gasteiger partial charge < -0.3 is 4.57 Å². The van der Waals surface area contributed by atoms with Crippen molar-refractivity contribution in [3.05, 3.63) is 81.4 Å². The van der Waals surface area contributed by atoms with Crippen LogP contribution in [-0.2, 0) is 17.1 Å². The van der Waals surface area contributed by atoms with Crippen LogP contribution in [0.1, 0.15) is 27.3 Å². The van der Waals surface area contributed by atoms with E-state index in [9.17, 15) is 18.0 Å². The zero-order chi connectivity index (χ0) is 24.8. The Hall–Kier alpha value is -3.21. The third-order valence-corrected chi connectivity index (χ3v) is 7.64. The Kier molecular flexibility index (Phi) is 6.24. The number of Topliss-reactive ketones (excluding diaryl/α,β-unsaturated/α-hetero) is 1. The normalized spacial score (nSPS) is 11.8. The van der Waals surface area contributed by atoms with Crippen LogP contribution < -0.4 is 10.7 Å². The second kappa shape index (κ2) is 8.86. The van der Waals surface area contributed by atoms with Crippen LogP contribution in [0.25, 0.3) is 16.6 Å². The summed E-state index contributed by atoms with van der Waals surface area (Å²) in [7, 11) is -2.13. The summed E-state index contributed by atoms with van der Waals surface area (Å²) < 4.78 is 26.4. The topological polar surface area (TPSA) is 117 Å². The van der Waals surface area contributed by atoms with Crippen molar-refractivity contribution in [1.82, 2.24) is 14.1 Å².